The molecule has 0 radical (unpaired) electrons. The molecule has 2 aliphatic rings. The number of carbonyl (C=O) groups is 3. The highest BCUT2D eigenvalue weighted by molar-refractivity contribution is 6.08. The molecule has 146 valence electrons. The monoisotopic (exact) mass is 381 g/mol. The molecule has 1 N–H and O–H groups in total. The highest BCUT2D eigenvalue weighted by Gasteiger charge is 2.45. The van der Waals surface area contributed by atoms with E-state index in [-0.39, 0.29) is 18.4 Å². The predicted molar refractivity (Wildman–Crippen MR) is 101 cm³/mol. The maximum absolute atomic E-state index is 12.7. The molecule has 4 amide bonds. The summed E-state index contributed by atoms with van der Waals surface area (Å²) in [5.41, 5.74) is 2.14. The van der Waals surface area contributed by atoms with Crippen molar-refractivity contribution >= 4 is 17.8 Å². The molecule has 0 bridgehead atoms. The van der Waals surface area contributed by atoms with E-state index in [0.717, 1.165) is 22.7 Å². The summed E-state index contributed by atoms with van der Waals surface area (Å²) in [5.74, 6) is -0.615. The molecule has 28 heavy (non-hydrogen) atoms. The lowest BCUT2D eigenvalue weighted by Crippen LogP contribution is -2.46. The van der Waals surface area contributed by atoms with E-state index in [9.17, 15) is 14.4 Å². The quantitative estimate of drug-likeness (QED) is 0.805. The number of urea groups is 1. The second-order valence-corrected chi connectivity index (χ2v) is 7.77. The smallest absolute Gasteiger partial charge is 0.325 e. The van der Waals surface area contributed by atoms with E-state index in [0.29, 0.717) is 19.6 Å². The summed E-state index contributed by atoms with van der Waals surface area (Å²) in [4.78, 5) is 39.6. The Kier molecular flexibility index (Phi) is 4.41. The van der Waals surface area contributed by atoms with Crippen molar-refractivity contribution in [3.63, 3.8) is 0 Å². The van der Waals surface area contributed by atoms with E-state index < -0.39 is 11.6 Å². The fraction of sp³-hybridized carbons (Fsp3) is 0.400. The summed E-state index contributed by atoms with van der Waals surface area (Å²) in [6, 6.07) is 11.6. The maximum atomic E-state index is 12.7. The van der Waals surface area contributed by atoms with Gasteiger partial charge in [-0.2, -0.15) is 5.10 Å². The van der Waals surface area contributed by atoms with Gasteiger partial charge in [0.05, 0.1) is 24.5 Å². The number of hydrogen-bond acceptors (Lipinski definition) is 4. The van der Waals surface area contributed by atoms with Crippen LogP contribution in [0.2, 0.25) is 0 Å². The van der Waals surface area contributed by atoms with Crippen molar-refractivity contribution in [1.82, 2.24) is 24.9 Å². The average molecular weight is 381 g/mol. The zero-order valence-electron chi connectivity index (χ0n) is 16.0. The SMILES string of the molecule is CC1(C)NC(=O)N(CC(=O)N2CCn3nc(Cc4ccccc4)cc3C2)C1=O. The lowest BCUT2D eigenvalue weighted by Gasteiger charge is -2.28. The number of fused-ring (bicyclic) bond motifs is 1. The topological polar surface area (TPSA) is 87.5 Å². The second-order valence-electron chi connectivity index (χ2n) is 7.77. The van der Waals surface area contributed by atoms with E-state index in [2.05, 4.69) is 22.5 Å². The molecule has 1 aromatic heterocycles. The fourth-order valence-corrected chi connectivity index (χ4v) is 3.63. The third-order valence-electron chi connectivity index (χ3n) is 5.17. The Morgan fingerprint density at radius 3 is 2.61 bits per heavy atom. The molecule has 0 aliphatic carbocycles. The van der Waals surface area contributed by atoms with Crippen LogP contribution in [0.4, 0.5) is 4.79 Å². The first kappa shape index (κ1) is 18.2. The van der Waals surface area contributed by atoms with Gasteiger partial charge in [0.15, 0.2) is 0 Å². The number of rotatable bonds is 4. The summed E-state index contributed by atoms with van der Waals surface area (Å²) in [5, 5.41) is 7.23. The van der Waals surface area contributed by atoms with E-state index in [1.54, 1.807) is 18.7 Å². The predicted octanol–water partition coefficient (Wildman–Crippen LogP) is 1.15. The summed E-state index contributed by atoms with van der Waals surface area (Å²) < 4.78 is 1.93. The number of nitrogens with zero attached hydrogens (tertiary/aromatic N) is 4. The maximum Gasteiger partial charge on any atom is 0.325 e. The van der Waals surface area contributed by atoms with E-state index in [1.165, 1.54) is 5.56 Å². The lowest BCUT2D eigenvalue weighted by atomic mass is 10.1. The molecule has 2 aliphatic heterocycles. The molecule has 8 heteroatoms. The van der Waals surface area contributed by atoms with Crippen LogP contribution in [-0.2, 0) is 29.1 Å². The number of nitrogens with one attached hydrogen (secondary N) is 1. The Balaban J connectivity index is 1.42. The largest absolute Gasteiger partial charge is 0.333 e. The fourth-order valence-electron chi connectivity index (χ4n) is 3.63. The molecule has 0 spiro atoms. The number of imide groups is 1. The van der Waals surface area contributed by atoms with Crippen LogP contribution >= 0.6 is 0 Å². The normalized spacial score (nSPS) is 18.2. The Bertz CT molecular complexity index is 935. The van der Waals surface area contributed by atoms with Crippen molar-refractivity contribution in [2.24, 2.45) is 0 Å². The molecule has 3 heterocycles. The lowest BCUT2D eigenvalue weighted by molar-refractivity contribution is -0.139. The molecule has 1 aromatic carbocycles. The first-order valence-corrected chi connectivity index (χ1v) is 9.35. The molecular weight excluding hydrogens is 358 g/mol. The van der Waals surface area contributed by atoms with Crippen LogP contribution in [-0.4, -0.2) is 56.1 Å². The molecule has 4 rings (SSSR count). The summed E-state index contributed by atoms with van der Waals surface area (Å²) in [6.45, 7) is 4.55. The highest BCUT2D eigenvalue weighted by atomic mass is 16.2. The van der Waals surface area contributed by atoms with Crippen LogP contribution in [0.25, 0.3) is 0 Å². The van der Waals surface area contributed by atoms with Crippen molar-refractivity contribution in [2.45, 2.75) is 38.9 Å². The molecule has 0 unspecified atom stereocenters. The van der Waals surface area contributed by atoms with Crippen LogP contribution in [0.15, 0.2) is 36.4 Å². The average Bonchev–Trinajstić information content (AvgIpc) is 3.14. The third kappa shape index (κ3) is 3.37. The molecular formula is C20H23N5O3. The summed E-state index contributed by atoms with van der Waals surface area (Å²) in [7, 11) is 0. The van der Waals surface area contributed by atoms with Gasteiger partial charge in [0, 0.05) is 13.0 Å². The molecule has 1 saturated heterocycles. The third-order valence-corrected chi connectivity index (χ3v) is 5.17. The Morgan fingerprint density at radius 1 is 1.18 bits per heavy atom. The Labute approximate surface area is 163 Å². The van der Waals surface area contributed by atoms with Crippen molar-refractivity contribution < 1.29 is 14.4 Å². The zero-order chi connectivity index (χ0) is 19.9. The number of hydrogen-bond donors (Lipinski definition) is 1. The molecule has 0 atom stereocenters. The minimum Gasteiger partial charge on any atom is -0.333 e. The van der Waals surface area contributed by atoms with Gasteiger partial charge in [0.2, 0.25) is 5.91 Å². The van der Waals surface area contributed by atoms with Crippen LogP contribution in [0.3, 0.4) is 0 Å². The number of benzene rings is 1. The van der Waals surface area contributed by atoms with Gasteiger partial charge >= 0.3 is 6.03 Å². The van der Waals surface area contributed by atoms with Gasteiger partial charge in [0.1, 0.15) is 12.1 Å². The van der Waals surface area contributed by atoms with Crippen LogP contribution in [0.1, 0.15) is 30.8 Å². The van der Waals surface area contributed by atoms with Gasteiger partial charge in [-0.3, -0.25) is 19.2 Å². The van der Waals surface area contributed by atoms with E-state index in [4.69, 9.17) is 0 Å². The molecule has 0 saturated carbocycles. The number of carbonyl (C=O) groups excluding carboxylic acids is 3. The zero-order valence-corrected chi connectivity index (χ0v) is 16.0. The second kappa shape index (κ2) is 6.78. The number of aromatic nitrogens is 2. The minimum absolute atomic E-state index is 0.237. The van der Waals surface area contributed by atoms with E-state index >= 15 is 0 Å². The van der Waals surface area contributed by atoms with E-state index in [1.807, 2.05) is 28.9 Å². The van der Waals surface area contributed by atoms with Crippen LogP contribution in [0, 0.1) is 0 Å². The summed E-state index contributed by atoms with van der Waals surface area (Å²) in [6.07, 6.45) is 0.742. The van der Waals surface area contributed by atoms with Crippen LogP contribution < -0.4 is 5.32 Å². The van der Waals surface area contributed by atoms with Gasteiger partial charge in [-0.25, -0.2) is 4.79 Å². The summed E-state index contributed by atoms with van der Waals surface area (Å²) >= 11 is 0. The molecule has 1 fully saturated rings. The standard InChI is InChI=1S/C20H23N5O3/c1-20(2)18(27)24(19(28)21-20)13-17(26)23-8-9-25-16(12-23)11-15(22-25)10-14-6-4-3-5-7-14/h3-7,11H,8-10,12-13H2,1-2H3,(H,21,28). The first-order valence-electron chi connectivity index (χ1n) is 9.35. The van der Waals surface area contributed by atoms with Crippen LogP contribution in [0.5, 0.6) is 0 Å². The van der Waals surface area contributed by atoms with Gasteiger partial charge < -0.3 is 10.2 Å². The molecule has 8 nitrogen and oxygen atoms in total. The highest BCUT2D eigenvalue weighted by Crippen LogP contribution is 2.19. The van der Waals surface area contributed by atoms with Gasteiger partial charge in [0.25, 0.3) is 5.91 Å². The Morgan fingerprint density at radius 2 is 1.93 bits per heavy atom. The van der Waals surface area contributed by atoms with Crippen molar-refractivity contribution in [3.05, 3.63) is 53.3 Å². The minimum atomic E-state index is -0.968. The Hall–Kier alpha value is -3.16. The van der Waals surface area contributed by atoms with Gasteiger partial charge in [-0.15, -0.1) is 0 Å². The van der Waals surface area contributed by atoms with Gasteiger partial charge in [-0.1, -0.05) is 30.3 Å². The van der Waals surface area contributed by atoms with Crippen molar-refractivity contribution in [1.29, 1.82) is 0 Å². The van der Waals surface area contributed by atoms with Crippen molar-refractivity contribution in [3.8, 4) is 0 Å². The first-order chi connectivity index (χ1) is 13.3. The van der Waals surface area contributed by atoms with Gasteiger partial charge in [-0.05, 0) is 25.5 Å². The van der Waals surface area contributed by atoms with Crippen molar-refractivity contribution in [2.75, 3.05) is 13.1 Å². The number of amides is 4. The molecule has 2 aromatic rings.